The molecule has 98 valence electrons. The third-order valence-electron chi connectivity index (χ3n) is 2.91. The Kier molecular flexibility index (Phi) is 5.88. The van der Waals surface area contributed by atoms with E-state index in [0.717, 1.165) is 38.2 Å². The van der Waals surface area contributed by atoms with Gasteiger partial charge in [-0.15, -0.1) is 0 Å². The summed E-state index contributed by atoms with van der Waals surface area (Å²) in [4.78, 5) is 13.7. The topological polar surface area (TPSA) is 70.9 Å². The molecule has 0 amide bonds. The molecule has 0 aliphatic heterocycles. The molecule has 1 aromatic heterocycles. The minimum atomic E-state index is 0.0193. The zero-order valence-corrected chi connectivity index (χ0v) is 11.5. The summed E-state index contributed by atoms with van der Waals surface area (Å²) in [5.41, 5.74) is 6.89. The molecule has 0 saturated heterocycles. The monoisotopic (exact) mass is 257 g/mol. The highest BCUT2D eigenvalue weighted by molar-refractivity contribution is 7.07. The first-order chi connectivity index (χ1) is 8.03. The summed E-state index contributed by atoms with van der Waals surface area (Å²) in [6.07, 6.45) is 3.39. The fourth-order valence-electron chi connectivity index (χ4n) is 1.83. The number of rotatable bonds is 8. The fraction of sp³-hybridized carbons (Fsp3) is 0.750. The van der Waals surface area contributed by atoms with Crippen LogP contribution in [0.3, 0.4) is 0 Å². The molecule has 17 heavy (non-hydrogen) atoms. The van der Waals surface area contributed by atoms with Gasteiger partial charge in [0, 0.05) is 17.6 Å². The van der Waals surface area contributed by atoms with Crippen molar-refractivity contribution < 1.29 is 0 Å². The summed E-state index contributed by atoms with van der Waals surface area (Å²) in [6, 6.07) is 0. The van der Waals surface area contributed by atoms with Crippen LogP contribution in [0.15, 0.2) is 10.2 Å². The molecule has 0 aliphatic carbocycles. The fourth-order valence-corrected chi connectivity index (χ4v) is 2.41. The number of nitrogens with two attached hydrogens (primary N) is 1. The number of aromatic amines is 1. The number of hydrogen-bond donors (Lipinski definition) is 3. The Bertz CT molecular complexity index is 370. The highest BCUT2D eigenvalue weighted by Gasteiger charge is 2.15. The highest BCUT2D eigenvalue weighted by atomic mass is 32.1. The maximum atomic E-state index is 10.9. The molecule has 0 aliphatic rings. The van der Waals surface area contributed by atoms with Gasteiger partial charge >= 0.3 is 4.87 Å². The van der Waals surface area contributed by atoms with E-state index in [1.165, 1.54) is 17.8 Å². The van der Waals surface area contributed by atoms with Gasteiger partial charge in [0.05, 0.1) is 0 Å². The van der Waals surface area contributed by atoms with Crippen LogP contribution in [0.4, 0.5) is 0 Å². The van der Waals surface area contributed by atoms with Crippen molar-refractivity contribution in [3.63, 3.8) is 0 Å². The van der Waals surface area contributed by atoms with Crippen LogP contribution < -0.4 is 15.9 Å². The second kappa shape index (κ2) is 6.93. The number of thiazole rings is 1. The first-order valence-electron chi connectivity index (χ1n) is 6.11. The van der Waals surface area contributed by atoms with Gasteiger partial charge in [0.15, 0.2) is 0 Å². The Balaban J connectivity index is 2.10. The predicted octanol–water partition coefficient (Wildman–Crippen LogP) is 1.68. The van der Waals surface area contributed by atoms with Crippen LogP contribution in [0.25, 0.3) is 0 Å². The molecule has 1 rings (SSSR count). The van der Waals surface area contributed by atoms with E-state index in [4.69, 9.17) is 5.73 Å². The van der Waals surface area contributed by atoms with Crippen molar-refractivity contribution in [2.45, 2.75) is 39.7 Å². The van der Waals surface area contributed by atoms with E-state index in [1.54, 1.807) is 0 Å². The Morgan fingerprint density at radius 3 is 2.82 bits per heavy atom. The molecule has 1 heterocycles. The SMILES string of the molecule is CC(C)(CCN)CCCNCc1csc(=O)[nH]1. The second-order valence-corrected chi connectivity index (χ2v) is 6.00. The van der Waals surface area contributed by atoms with Crippen molar-refractivity contribution in [3.8, 4) is 0 Å². The van der Waals surface area contributed by atoms with Gasteiger partial charge in [-0.25, -0.2) is 0 Å². The summed E-state index contributed by atoms with van der Waals surface area (Å²) in [6.45, 7) is 7.00. The quantitative estimate of drug-likeness (QED) is 0.621. The minimum absolute atomic E-state index is 0.0193. The van der Waals surface area contributed by atoms with Crippen LogP contribution in [0.1, 0.15) is 38.8 Å². The van der Waals surface area contributed by atoms with E-state index in [2.05, 4.69) is 24.1 Å². The molecule has 0 fully saturated rings. The molecular weight excluding hydrogens is 234 g/mol. The van der Waals surface area contributed by atoms with Crippen LogP contribution in [0.5, 0.6) is 0 Å². The van der Waals surface area contributed by atoms with Gasteiger partial charge in [0.2, 0.25) is 0 Å². The largest absolute Gasteiger partial charge is 0.330 e. The lowest BCUT2D eigenvalue weighted by Crippen LogP contribution is -2.21. The summed E-state index contributed by atoms with van der Waals surface area (Å²) in [7, 11) is 0. The molecule has 4 N–H and O–H groups in total. The lowest BCUT2D eigenvalue weighted by Gasteiger charge is -2.23. The Hall–Kier alpha value is -0.650. The van der Waals surface area contributed by atoms with Gasteiger partial charge in [-0.3, -0.25) is 4.79 Å². The van der Waals surface area contributed by atoms with Crippen LogP contribution in [0, 0.1) is 5.41 Å². The normalized spacial score (nSPS) is 11.9. The molecule has 0 spiro atoms. The highest BCUT2D eigenvalue weighted by Crippen LogP contribution is 2.25. The van der Waals surface area contributed by atoms with E-state index in [0.29, 0.717) is 5.41 Å². The van der Waals surface area contributed by atoms with Crippen molar-refractivity contribution in [2.75, 3.05) is 13.1 Å². The Labute approximate surface area is 107 Å². The van der Waals surface area contributed by atoms with E-state index in [9.17, 15) is 4.79 Å². The van der Waals surface area contributed by atoms with Gasteiger partial charge in [0.1, 0.15) is 0 Å². The smallest absolute Gasteiger partial charge is 0.304 e. The molecule has 1 aromatic rings. The molecule has 0 unspecified atom stereocenters. The Morgan fingerprint density at radius 2 is 2.24 bits per heavy atom. The van der Waals surface area contributed by atoms with Gasteiger partial charge < -0.3 is 16.0 Å². The van der Waals surface area contributed by atoms with Gasteiger partial charge in [-0.2, -0.15) is 0 Å². The third-order valence-corrected chi connectivity index (χ3v) is 3.63. The van der Waals surface area contributed by atoms with E-state index in [1.807, 2.05) is 5.38 Å². The lowest BCUT2D eigenvalue weighted by molar-refractivity contribution is 0.302. The second-order valence-electron chi connectivity index (χ2n) is 5.16. The average molecular weight is 257 g/mol. The molecular formula is C12H23N3OS. The van der Waals surface area contributed by atoms with Crippen molar-refractivity contribution in [1.82, 2.24) is 10.3 Å². The third kappa shape index (κ3) is 6.00. The molecule has 0 radical (unpaired) electrons. The van der Waals surface area contributed by atoms with Gasteiger partial charge in [-0.1, -0.05) is 25.2 Å². The van der Waals surface area contributed by atoms with Crippen LogP contribution in [-0.4, -0.2) is 18.1 Å². The maximum Gasteiger partial charge on any atom is 0.304 e. The summed E-state index contributed by atoms with van der Waals surface area (Å²) in [5.74, 6) is 0. The molecule has 0 atom stereocenters. The minimum Gasteiger partial charge on any atom is -0.330 e. The van der Waals surface area contributed by atoms with Crippen LogP contribution >= 0.6 is 11.3 Å². The molecule has 5 heteroatoms. The van der Waals surface area contributed by atoms with Gasteiger partial charge in [0.25, 0.3) is 0 Å². The number of H-pyrrole nitrogens is 1. The van der Waals surface area contributed by atoms with E-state index < -0.39 is 0 Å². The standard InChI is InChI=1S/C12H23N3OS/c1-12(2,5-6-13)4-3-7-14-8-10-9-17-11(16)15-10/h9,14H,3-8,13H2,1-2H3,(H,15,16). The Morgan fingerprint density at radius 1 is 1.47 bits per heavy atom. The lowest BCUT2D eigenvalue weighted by atomic mass is 9.84. The van der Waals surface area contributed by atoms with Crippen LogP contribution in [-0.2, 0) is 6.54 Å². The van der Waals surface area contributed by atoms with Crippen molar-refractivity contribution in [3.05, 3.63) is 20.7 Å². The first-order valence-corrected chi connectivity index (χ1v) is 6.99. The van der Waals surface area contributed by atoms with E-state index >= 15 is 0 Å². The first kappa shape index (κ1) is 14.4. The molecule has 0 aromatic carbocycles. The molecule has 4 nitrogen and oxygen atoms in total. The average Bonchev–Trinajstić information content (AvgIpc) is 2.63. The summed E-state index contributed by atoms with van der Waals surface area (Å²) >= 11 is 1.21. The molecule has 0 saturated carbocycles. The summed E-state index contributed by atoms with van der Waals surface area (Å²) in [5, 5.41) is 5.20. The zero-order valence-electron chi connectivity index (χ0n) is 10.7. The van der Waals surface area contributed by atoms with E-state index in [-0.39, 0.29) is 4.87 Å². The number of nitrogens with one attached hydrogen (secondary N) is 2. The number of aromatic nitrogens is 1. The van der Waals surface area contributed by atoms with Crippen molar-refractivity contribution in [2.24, 2.45) is 11.1 Å². The maximum absolute atomic E-state index is 10.9. The predicted molar refractivity (Wildman–Crippen MR) is 73.3 cm³/mol. The van der Waals surface area contributed by atoms with Crippen molar-refractivity contribution in [1.29, 1.82) is 0 Å². The zero-order chi connectivity index (χ0) is 12.7. The summed E-state index contributed by atoms with van der Waals surface area (Å²) < 4.78 is 0. The molecule has 0 bridgehead atoms. The van der Waals surface area contributed by atoms with Crippen molar-refractivity contribution >= 4 is 11.3 Å². The van der Waals surface area contributed by atoms with Crippen LogP contribution in [0.2, 0.25) is 0 Å². The van der Waals surface area contributed by atoms with Gasteiger partial charge in [-0.05, 0) is 37.8 Å². The number of hydrogen-bond acceptors (Lipinski definition) is 4.